The van der Waals surface area contributed by atoms with Crippen LogP contribution in [0.25, 0.3) is 0 Å². The van der Waals surface area contributed by atoms with Gasteiger partial charge in [-0.1, -0.05) is 24.3 Å². The van der Waals surface area contributed by atoms with Gasteiger partial charge in [0.15, 0.2) is 0 Å². The average Bonchev–Trinajstić information content (AvgIpc) is 1.62. The fourth-order valence-corrected chi connectivity index (χ4v) is 0.856. The molecule has 0 saturated carbocycles. The summed E-state index contributed by atoms with van der Waals surface area (Å²) in [5.41, 5.74) is 0. The maximum Gasteiger partial charge on any atom is 0 e. The quantitative estimate of drug-likeness (QED) is 0.595. The predicted octanol–water partition coefficient (Wildman–Crippen LogP) is 3.09. The molecule has 1 rings (SSSR count). The first kappa shape index (κ1) is 13.1. The van der Waals surface area contributed by atoms with E-state index in [2.05, 4.69) is 24.3 Å². The molecular formula is C8H13ClPt. The Morgan fingerprint density at radius 2 is 0.800 bits per heavy atom. The van der Waals surface area contributed by atoms with Crippen LogP contribution in [0.2, 0.25) is 0 Å². The summed E-state index contributed by atoms with van der Waals surface area (Å²) in [5.74, 6) is 0. The molecule has 0 aromatic heterocycles. The zero-order chi connectivity index (χ0) is 5.66. The first-order valence-corrected chi connectivity index (χ1v) is 3.30. The molecule has 0 bridgehead atoms. The first-order valence-electron chi connectivity index (χ1n) is 3.30. The van der Waals surface area contributed by atoms with Gasteiger partial charge in [-0.05, 0) is 25.7 Å². The van der Waals surface area contributed by atoms with Crippen molar-refractivity contribution in [3.8, 4) is 0 Å². The zero-order valence-electron chi connectivity index (χ0n) is 5.86. The summed E-state index contributed by atoms with van der Waals surface area (Å²) in [4.78, 5) is 0. The van der Waals surface area contributed by atoms with Crippen molar-refractivity contribution >= 4 is 12.4 Å². The van der Waals surface area contributed by atoms with Gasteiger partial charge < -0.3 is 0 Å². The third kappa shape index (κ3) is 6.58. The van der Waals surface area contributed by atoms with E-state index in [1.54, 1.807) is 0 Å². The van der Waals surface area contributed by atoms with Crippen molar-refractivity contribution in [3.63, 3.8) is 0 Å². The van der Waals surface area contributed by atoms with Gasteiger partial charge in [-0.3, -0.25) is 0 Å². The summed E-state index contributed by atoms with van der Waals surface area (Å²) < 4.78 is 0. The van der Waals surface area contributed by atoms with E-state index >= 15 is 0 Å². The molecule has 0 heterocycles. The molecule has 0 aromatic carbocycles. The molecule has 0 aromatic rings. The number of allylic oxidation sites excluding steroid dienone is 4. The average molecular weight is 340 g/mol. The van der Waals surface area contributed by atoms with Crippen molar-refractivity contribution < 1.29 is 21.1 Å². The molecule has 10 heavy (non-hydrogen) atoms. The molecule has 2 heteroatoms. The fraction of sp³-hybridized carbons (Fsp3) is 0.500. The second kappa shape index (κ2) is 9.46. The second-order valence-corrected chi connectivity index (χ2v) is 2.10. The number of hydrogen-bond donors (Lipinski definition) is 0. The third-order valence-electron chi connectivity index (χ3n) is 1.33. The predicted molar refractivity (Wildman–Crippen MR) is 44.0 cm³/mol. The van der Waals surface area contributed by atoms with Crippen molar-refractivity contribution in [1.82, 2.24) is 0 Å². The number of hydrogen-bond acceptors (Lipinski definition) is 0. The van der Waals surface area contributed by atoms with Crippen molar-refractivity contribution in [1.29, 1.82) is 0 Å². The van der Waals surface area contributed by atoms with Gasteiger partial charge in [-0.25, -0.2) is 0 Å². The van der Waals surface area contributed by atoms with Gasteiger partial charge in [0.05, 0.1) is 0 Å². The topological polar surface area (TPSA) is 0 Å². The molecule has 0 N–H and O–H groups in total. The zero-order valence-corrected chi connectivity index (χ0v) is 8.95. The monoisotopic (exact) mass is 339 g/mol. The van der Waals surface area contributed by atoms with Crippen LogP contribution < -0.4 is 0 Å². The molecule has 0 spiro atoms. The van der Waals surface area contributed by atoms with E-state index < -0.39 is 0 Å². The van der Waals surface area contributed by atoms with Crippen LogP contribution in [0.15, 0.2) is 24.3 Å². The van der Waals surface area contributed by atoms with E-state index in [4.69, 9.17) is 0 Å². The molecule has 0 nitrogen and oxygen atoms in total. The Kier molecular flexibility index (Phi) is 12.4. The van der Waals surface area contributed by atoms with Gasteiger partial charge in [0.25, 0.3) is 0 Å². The standard InChI is InChI=1S/C8H12.ClH.Pt/c1-2-4-6-8-7-5-3-1;;/h1-2,7-8H,3-6H2;1H;. The first-order chi connectivity index (χ1) is 4.00. The van der Waals surface area contributed by atoms with Gasteiger partial charge in [0.1, 0.15) is 0 Å². The summed E-state index contributed by atoms with van der Waals surface area (Å²) in [6.07, 6.45) is 14.0. The van der Waals surface area contributed by atoms with Crippen LogP contribution in [0.4, 0.5) is 0 Å². The van der Waals surface area contributed by atoms with Crippen molar-refractivity contribution in [2.45, 2.75) is 25.7 Å². The van der Waals surface area contributed by atoms with Crippen LogP contribution in [-0.2, 0) is 21.1 Å². The molecular weight excluding hydrogens is 327 g/mol. The second-order valence-electron chi connectivity index (χ2n) is 2.10. The molecule has 0 saturated heterocycles. The Bertz CT molecular complexity index is 81.8. The van der Waals surface area contributed by atoms with Crippen molar-refractivity contribution in [3.05, 3.63) is 24.3 Å². The van der Waals surface area contributed by atoms with Gasteiger partial charge >= 0.3 is 0 Å². The van der Waals surface area contributed by atoms with Crippen LogP contribution in [0, 0.1) is 0 Å². The summed E-state index contributed by atoms with van der Waals surface area (Å²) in [6.45, 7) is 0. The SMILES string of the molecule is C1=CCCC=CCC1.Cl.[Pt]. The fourth-order valence-electron chi connectivity index (χ4n) is 0.856. The van der Waals surface area contributed by atoms with E-state index in [0.717, 1.165) is 0 Å². The van der Waals surface area contributed by atoms with Gasteiger partial charge in [-0.2, -0.15) is 0 Å². The Balaban J connectivity index is 0. The van der Waals surface area contributed by atoms with E-state index in [-0.39, 0.29) is 33.5 Å². The van der Waals surface area contributed by atoms with Crippen molar-refractivity contribution in [2.75, 3.05) is 0 Å². The maximum absolute atomic E-state index is 2.27. The van der Waals surface area contributed by atoms with Crippen molar-refractivity contribution in [2.24, 2.45) is 0 Å². The van der Waals surface area contributed by atoms with E-state index in [9.17, 15) is 0 Å². The molecule has 0 amide bonds. The summed E-state index contributed by atoms with van der Waals surface area (Å²) >= 11 is 0. The van der Waals surface area contributed by atoms with E-state index in [1.807, 2.05) is 0 Å². The van der Waals surface area contributed by atoms with Gasteiger partial charge in [-0.15, -0.1) is 12.4 Å². The maximum atomic E-state index is 2.27. The molecule has 62 valence electrons. The van der Waals surface area contributed by atoms with Crippen LogP contribution in [0.1, 0.15) is 25.7 Å². The van der Waals surface area contributed by atoms with Crippen LogP contribution in [0.3, 0.4) is 0 Å². The van der Waals surface area contributed by atoms with Crippen LogP contribution >= 0.6 is 12.4 Å². The summed E-state index contributed by atoms with van der Waals surface area (Å²) in [7, 11) is 0. The van der Waals surface area contributed by atoms with Gasteiger partial charge in [0, 0.05) is 21.1 Å². The largest absolute Gasteiger partial charge is 0.147 e. The molecule has 0 fully saturated rings. The normalized spacial score (nSPS) is 16.0. The molecule has 0 aliphatic heterocycles. The van der Waals surface area contributed by atoms with Crippen LogP contribution in [0.5, 0.6) is 0 Å². The molecule has 0 unspecified atom stereocenters. The minimum atomic E-state index is 0. The van der Waals surface area contributed by atoms with E-state index in [0.29, 0.717) is 0 Å². The van der Waals surface area contributed by atoms with Gasteiger partial charge in [0.2, 0.25) is 0 Å². The molecule has 1 aliphatic carbocycles. The summed E-state index contributed by atoms with van der Waals surface area (Å²) in [5, 5.41) is 0. The molecule has 0 radical (unpaired) electrons. The Labute approximate surface area is 83.4 Å². The number of halogens is 1. The Morgan fingerprint density at radius 1 is 0.600 bits per heavy atom. The minimum Gasteiger partial charge on any atom is -0.147 e. The summed E-state index contributed by atoms with van der Waals surface area (Å²) in [6, 6.07) is 0. The van der Waals surface area contributed by atoms with Crippen LogP contribution in [-0.4, -0.2) is 0 Å². The Hall–Kier alpha value is 0.458. The minimum absolute atomic E-state index is 0. The number of rotatable bonds is 0. The molecule has 0 atom stereocenters. The van der Waals surface area contributed by atoms with E-state index in [1.165, 1.54) is 25.7 Å². The molecule has 1 aliphatic rings. The Morgan fingerprint density at radius 3 is 1.00 bits per heavy atom. The third-order valence-corrected chi connectivity index (χ3v) is 1.33. The smallest absolute Gasteiger partial charge is 0 e.